The number of rotatable bonds is 5. The van der Waals surface area contributed by atoms with Crippen LogP contribution in [0.15, 0.2) is 47.4 Å². The molecule has 0 aliphatic carbocycles. The summed E-state index contributed by atoms with van der Waals surface area (Å²) in [6.45, 7) is 5.78. The fourth-order valence-electron chi connectivity index (χ4n) is 3.23. The number of hydrogen-bond donors (Lipinski definition) is 0. The molecule has 0 N–H and O–H groups in total. The van der Waals surface area contributed by atoms with E-state index in [0.29, 0.717) is 23.0 Å². The number of sulfonamides is 1. The molecule has 2 aromatic carbocycles. The van der Waals surface area contributed by atoms with Crippen LogP contribution >= 0.6 is 0 Å². The van der Waals surface area contributed by atoms with Gasteiger partial charge in [-0.15, -0.1) is 0 Å². The second-order valence-electron chi connectivity index (χ2n) is 6.61. The molecule has 7 nitrogen and oxygen atoms in total. The van der Waals surface area contributed by atoms with Crippen LogP contribution in [0.5, 0.6) is 0 Å². The number of para-hydroxylation sites is 1. The Morgan fingerprint density at radius 2 is 1.76 bits per heavy atom. The molecule has 0 atom stereocenters. The van der Waals surface area contributed by atoms with Crippen LogP contribution in [0, 0.1) is 12.7 Å². The van der Waals surface area contributed by atoms with Crippen LogP contribution in [0.3, 0.4) is 0 Å². The van der Waals surface area contributed by atoms with Gasteiger partial charge in [-0.05, 0) is 50.6 Å². The molecule has 1 aliphatic heterocycles. The molecule has 1 heterocycles. The number of nitrogens with zero attached hydrogens (tertiary/aromatic N) is 3. The number of benzene rings is 2. The van der Waals surface area contributed by atoms with Gasteiger partial charge < -0.3 is 4.90 Å². The predicted molar refractivity (Wildman–Crippen MR) is 108 cm³/mol. The summed E-state index contributed by atoms with van der Waals surface area (Å²) in [5.41, 5.74) is 0.333. The number of urea groups is 1. The number of likely N-dealkylation sites (N-methyl/N-ethyl adjacent to an activating group) is 1. The number of anilines is 2. The maximum absolute atomic E-state index is 14.1. The van der Waals surface area contributed by atoms with Crippen molar-refractivity contribution < 1.29 is 22.4 Å². The van der Waals surface area contributed by atoms with E-state index in [-0.39, 0.29) is 28.7 Å². The minimum absolute atomic E-state index is 0.118. The molecule has 2 aromatic rings. The summed E-state index contributed by atoms with van der Waals surface area (Å²) in [5, 5.41) is 0. The fraction of sp³-hybridized carbons (Fsp3) is 0.300. The first-order valence-electron chi connectivity index (χ1n) is 9.22. The van der Waals surface area contributed by atoms with Gasteiger partial charge >= 0.3 is 6.03 Å². The molecule has 9 heteroatoms. The number of carbonyl (C=O) groups excluding carboxylic acids is 2. The second kappa shape index (κ2) is 7.82. The maximum atomic E-state index is 14.1. The first-order chi connectivity index (χ1) is 13.7. The zero-order chi connectivity index (χ0) is 21.3. The van der Waals surface area contributed by atoms with Gasteiger partial charge in [-0.2, -0.15) is 4.31 Å². The van der Waals surface area contributed by atoms with E-state index in [9.17, 15) is 22.4 Å². The van der Waals surface area contributed by atoms with Crippen molar-refractivity contribution in [2.24, 2.45) is 0 Å². The lowest BCUT2D eigenvalue weighted by Gasteiger charge is -2.36. The van der Waals surface area contributed by atoms with Gasteiger partial charge in [-0.1, -0.05) is 18.2 Å². The molecule has 0 bridgehead atoms. The number of fused-ring (bicyclic) bond motifs is 1. The predicted octanol–water partition coefficient (Wildman–Crippen LogP) is 3.14. The van der Waals surface area contributed by atoms with E-state index in [1.165, 1.54) is 37.3 Å². The zero-order valence-electron chi connectivity index (χ0n) is 16.4. The van der Waals surface area contributed by atoms with Crippen LogP contribution in [0.2, 0.25) is 0 Å². The van der Waals surface area contributed by atoms with Crippen LogP contribution in [-0.2, 0) is 14.8 Å². The highest BCUT2D eigenvalue weighted by Crippen LogP contribution is 2.37. The van der Waals surface area contributed by atoms with Gasteiger partial charge in [0.05, 0.1) is 11.4 Å². The molecule has 3 amide bonds. The lowest BCUT2D eigenvalue weighted by Crippen LogP contribution is -2.54. The molecule has 0 aromatic heterocycles. The van der Waals surface area contributed by atoms with Gasteiger partial charge in [-0.3, -0.25) is 9.69 Å². The Morgan fingerprint density at radius 3 is 2.38 bits per heavy atom. The van der Waals surface area contributed by atoms with Crippen LogP contribution < -0.4 is 9.21 Å². The summed E-state index contributed by atoms with van der Waals surface area (Å²) >= 11 is 0. The number of amides is 3. The van der Waals surface area contributed by atoms with E-state index in [1.807, 2.05) is 13.8 Å². The lowest BCUT2D eigenvalue weighted by atomic mass is 10.2. The Labute approximate surface area is 169 Å². The fourth-order valence-corrected chi connectivity index (χ4v) is 4.82. The van der Waals surface area contributed by atoms with E-state index in [0.717, 1.165) is 11.0 Å². The molecule has 29 heavy (non-hydrogen) atoms. The normalized spacial score (nSPS) is 15.2. The molecule has 0 saturated heterocycles. The molecule has 3 rings (SSSR count). The second-order valence-corrected chi connectivity index (χ2v) is 8.36. The van der Waals surface area contributed by atoms with Crippen LogP contribution in [0.4, 0.5) is 20.6 Å². The number of aryl methyl sites for hydroxylation is 1. The first-order valence-corrected chi connectivity index (χ1v) is 10.7. The van der Waals surface area contributed by atoms with E-state index in [2.05, 4.69) is 0 Å². The van der Waals surface area contributed by atoms with E-state index >= 15 is 0 Å². The number of halogens is 1. The van der Waals surface area contributed by atoms with Crippen molar-refractivity contribution in [1.29, 1.82) is 0 Å². The molecule has 0 fully saturated rings. The van der Waals surface area contributed by atoms with Gasteiger partial charge in [-0.25, -0.2) is 17.6 Å². The number of hydrogen-bond acceptors (Lipinski definition) is 4. The highest BCUT2D eigenvalue weighted by atomic mass is 32.2. The Kier molecular flexibility index (Phi) is 5.61. The highest BCUT2D eigenvalue weighted by molar-refractivity contribution is 7.94. The van der Waals surface area contributed by atoms with Crippen molar-refractivity contribution in [1.82, 2.24) is 4.90 Å². The monoisotopic (exact) mass is 419 g/mol. The average Bonchev–Trinajstić information content (AvgIpc) is 2.69. The van der Waals surface area contributed by atoms with Crippen molar-refractivity contribution in [2.45, 2.75) is 25.7 Å². The van der Waals surface area contributed by atoms with Gasteiger partial charge in [0, 0.05) is 13.1 Å². The van der Waals surface area contributed by atoms with E-state index in [4.69, 9.17) is 0 Å². The van der Waals surface area contributed by atoms with Crippen molar-refractivity contribution in [3.8, 4) is 0 Å². The summed E-state index contributed by atoms with van der Waals surface area (Å²) in [4.78, 5) is 28.4. The largest absolute Gasteiger partial charge is 0.343 e. The summed E-state index contributed by atoms with van der Waals surface area (Å²) in [6.07, 6.45) is 0. The van der Waals surface area contributed by atoms with Crippen LogP contribution in [-0.4, -0.2) is 44.9 Å². The SMILES string of the molecule is CCN(CC)C(=O)CN1C(=O)N(c2ccc(C)c(F)c2)S(=O)(=O)c2ccccc21. The summed E-state index contributed by atoms with van der Waals surface area (Å²) in [7, 11) is -4.26. The van der Waals surface area contributed by atoms with Gasteiger partial charge in [0.1, 0.15) is 17.3 Å². The Bertz CT molecular complexity index is 1070. The van der Waals surface area contributed by atoms with Gasteiger partial charge in [0.15, 0.2) is 0 Å². The third-order valence-corrected chi connectivity index (χ3v) is 6.63. The minimum Gasteiger partial charge on any atom is -0.342 e. The maximum Gasteiger partial charge on any atom is 0.343 e. The van der Waals surface area contributed by atoms with E-state index < -0.39 is 21.9 Å². The smallest absolute Gasteiger partial charge is 0.342 e. The average molecular weight is 419 g/mol. The lowest BCUT2D eigenvalue weighted by molar-refractivity contribution is -0.129. The molecule has 0 radical (unpaired) electrons. The van der Waals surface area contributed by atoms with Gasteiger partial charge in [0.25, 0.3) is 10.0 Å². The zero-order valence-corrected chi connectivity index (χ0v) is 17.2. The van der Waals surface area contributed by atoms with Crippen molar-refractivity contribution in [3.63, 3.8) is 0 Å². The quantitative estimate of drug-likeness (QED) is 0.746. The first kappa shape index (κ1) is 20.8. The Hall–Kier alpha value is -2.94. The Morgan fingerprint density at radius 1 is 1.10 bits per heavy atom. The third-order valence-electron chi connectivity index (χ3n) is 4.88. The van der Waals surface area contributed by atoms with Gasteiger partial charge in [0.2, 0.25) is 5.91 Å². The third kappa shape index (κ3) is 3.57. The molecular weight excluding hydrogens is 397 g/mol. The topological polar surface area (TPSA) is 78.0 Å². The summed E-state index contributed by atoms with van der Waals surface area (Å²) in [5.74, 6) is -0.942. The summed E-state index contributed by atoms with van der Waals surface area (Å²) < 4.78 is 41.0. The molecule has 0 saturated carbocycles. The molecular formula is C20H22FN3O4S. The standard InChI is InChI=1S/C20H22FN3O4S/c1-4-22(5-2)19(25)13-23-17-8-6-7-9-18(17)29(27,28)24(20(23)26)15-11-10-14(3)16(21)12-15/h6-12H,4-5,13H2,1-3H3. The Balaban J connectivity index is 2.14. The van der Waals surface area contributed by atoms with E-state index in [1.54, 1.807) is 11.0 Å². The van der Waals surface area contributed by atoms with Crippen LogP contribution in [0.1, 0.15) is 19.4 Å². The summed E-state index contributed by atoms with van der Waals surface area (Å²) in [6, 6.07) is 8.82. The molecule has 0 unspecified atom stereocenters. The van der Waals surface area contributed by atoms with Crippen molar-refractivity contribution in [3.05, 3.63) is 53.8 Å². The van der Waals surface area contributed by atoms with Crippen molar-refractivity contribution in [2.75, 3.05) is 28.8 Å². The molecule has 0 spiro atoms. The molecule has 1 aliphatic rings. The van der Waals surface area contributed by atoms with Crippen LogP contribution in [0.25, 0.3) is 0 Å². The number of carbonyl (C=O) groups is 2. The minimum atomic E-state index is -4.26. The highest BCUT2D eigenvalue weighted by Gasteiger charge is 2.43. The van der Waals surface area contributed by atoms with Crippen molar-refractivity contribution >= 4 is 33.3 Å². The molecule has 154 valence electrons.